The molecule has 1 rings (SSSR count). The smallest absolute Gasteiger partial charge is 0.193 e. The fraction of sp³-hybridized carbons (Fsp3) is 0.826. The maximum absolute atomic E-state index is 10.1. The van der Waals surface area contributed by atoms with Gasteiger partial charge in [-0.25, -0.2) is 0 Å². The second-order valence-corrected chi connectivity index (χ2v) is 7.97. The molecule has 3 unspecified atom stereocenters. The van der Waals surface area contributed by atoms with E-state index in [2.05, 4.69) is 37.5 Å². The predicted octanol–water partition coefficient (Wildman–Crippen LogP) is 6.21. The Bertz CT molecular complexity index is 392. The molecule has 0 saturated heterocycles. The molecule has 0 aromatic carbocycles. The molecule has 0 fully saturated rings. The van der Waals surface area contributed by atoms with Crippen LogP contribution in [0.4, 0.5) is 0 Å². The van der Waals surface area contributed by atoms with Gasteiger partial charge in [0, 0.05) is 13.3 Å². The van der Waals surface area contributed by atoms with Crippen molar-refractivity contribution in [3.8, 4) is 0 Å². The molecule has 1 aliphatic rings. The zero-order valence-electron chi connectivity index (χ0n) is 17.8. The predicted molar refractivity (Wildman–Crippen MR) is 113 cm³/mol. The van der Waals surface area contributed by atoms with E-state index in [4.69, 9.17) is 0 Å². The fourth-order valence-corrected chi connectivity index (χ4v) is 4.04. The van der Waals surface area contributed by atoms with E-state index in [0.717, 1.165) is 13.0 Å². The van der Waals surface area contributed by atoms with E-state index < -0.39 is 0 Å². The number of aliphatic hydroxyl groups is 1. The third-order valence-electron chi connectivity index (χ3n) is 5.96. The second kappa shape index (κ2) is 14.3. The molecule has 3 heteroatoms. The molecule has 26 heavy (non-hydrogen) atoms. The summed E-state index contributed by atoms with van der Waals surface area (Å²) in [4.78, 5) is 0. The molecule has 2 N–H and O–H groups in total. The molecule has 0 spiro atoms. The minimum atomic E-state index is -0.365. The van der Waals surface area contributed by atoms with Crippen molar-refractivity contribution < 1.29 is 9.59 Å². The first-order valence-electron chi connectivity index (χ1n) is 11.3. The average Bonchev–Trinajstić information content (AvgIpc) is 3.06. The third-order valence-corrected chi connectivity index (χ3v) is 5.96. The van der Waals surface area contributed by atoms with Gasteiger partial charge in [-0.1, -0.05) is 83.3 Å². The minimum Gasteiger partial charge on any atom is -0.345 e. The molecule has 3 atom stereocenters. The van der Waals surface area contributed by atoms with Crippen LogP contribution in [0.3, 0.4) is 0 Å². The van der Waals surface area contributed by atoms with Crippen molar-refractivity contribution in [2.75, 3.05) is 6.54 Å². The van der Waals surface area contributed by atoms with Crippen LogP contribution in [0.25, 0.3) is 0 Å². The monoisotopic (exact) mass is 365 g/mol. The Balaban J connectivity index is 1.98. The molecule has 0 saturated carbocycles. The second-order valence-electron chi connectivity index (χ2n) is 7.97. The van der Waals surface area contributed by atoms with Crippen LogP contribution in [0.5, 0.6) is 0 Å². The number of nitrogens with zero attached hydrogens (tertiary/aromatic N) is 1. The minimum absolute atomic E-state index is 0.272. The van der Waals surface area contributed by atoms with E-state index in [0.29, 0.717) is 4.48 Å². The highest BCUT2D eigenvalue weighted by atomic mass is 16.3. The van der Waals surface area contributed by atoms with Crippen LogP contribution < -0.4 is 5.32 Å². The van der Waals surface area contributed by atoms with E-state index in [-0.39, 0.29) is 12.4 Å². The maximum Gasteiger partial charge on any atom is 0.193 e. The molecule has 0 aliphatic carbocycles. The Kier molecular flexibility index (Phi) is 12.8. The summed E-state index contributed by atoms with van der Waals surface area (Å²) in [5.74, 6) is 0. The molecular weight excluding hydrogens is 320 g/mol. The molecule has 0 aromatic heterocycles. The zero-order chi connectivity index (χ0) is 19.1. The summed E-state index contributed by atoms with van der Waals surface area (Å²) < 4.78 is 0.628. The lowest BCUT2D eigenvalue weighted by atomic mass is 10.1. The summed E-state index contributed by atoms with van der Waals surface area (Å²) in [6.07, 6.45) is 26.3. The summed E-state index contributed by atoms with van der Waals surface area (Å²) in [6.45, 7) is 7.23. The molecule has 3 nitrogen and oxygen atoms in total. The van der Waals surface area contributed by atoms with Crippen LogP contribution in [-0.2, 0) is 0 Å². The van der Waals surface area contributed by atoms with Gasteiger partial charge in [-0.3, -0.25) is 4.48 Å². The normalized spacial score (nSPS) is 23.6. The fourth-order valence-electron chi connectivity index (χ4n) is 4.04. The van der Waals surface area contributed by atoms with Crippen LogP contribution in [-0.4, -0.2) is 28.5 Å². The van der Waals surface area contributed by atoms with E-state index in [1.165, 1.54) is 77.0 Å². The van der Waals surface area contributed by atoms with Gasteiger partial charge >= 0.3 is 0 Å². The van der Waals surface area contributed by atoms with Gasteiger partial charge in [0.1, 0.15) is 6.20 Å². The third kappa shape index (κ3) is 8.26. The van der Waals surface area contributed by atoms with Crippen molar-refractivity contribution in [1.29, 1.82) is 0 Å². The van der Waals surface area contributed by atoms with Gasteiger partial charge in [0.2, 0.25) is 0 Å². The van der Waals surface area contributed by atoms with Crippen molar-refractivity contribution in [3.05, 3.63) is 24.6 Å². The molecule has 152 valence electrons. The van der Waals surface area contributed by atoms with Gasteiger partial charge in [-0.05, 0) is 19.8 Å². The maximum atomic E-state index is 10.1. The summed E-state index contributed by atoms with van der Waals surface area (Å²) >= 11 is 0. The van der Waals surface area contributed by atoms with Crippen LogP contribution in [0.15, 0.2) is 24.6 Å². The summed E-state index contributed by atoms with van der Waals surface area (Å²) in [6, 6.07) is 0. The highest BCUT2D eigenvalue weighted by Crippen LogP contribution is 2.24. The van der Waals surface area contributed by atoms with Crippen LogP contribution in [0.1, 0.15) is 104 Å². The van der Waals surface area contributed by atoms with Gasteiger partial charge < -0.3 is 10.4 Å². The number of nitrogens with one attached hydrogen (secondary N) is 1. The Morgan fingerprint density at radius 1 is 0.923 bits per heavy atom. The first-order chi connectivity index (χ1) is 12.7. The number of hydrogen-bond donors (Lipinski definition) is 2. The SMILES string of the molecule is CCCCCCCCCCCCC/C=C/CC1NC=C[N+]1(CC)C(C)O. The van der Waals surface area contributed by atoms with E-state index >= 15 is 0 Å². The topological polar surface area (TPSA) is 32.3 Å². The highest BCUT2D eigenvalue weighted by Gasteiger charge is 2.40. The van der Waals surface area contributed by atoms with Gasteiger partial charge in [0.15, 0.2) is 12.4 Å². The van der Waals surface area contributed by atoms with Crippen molar-refractivity contribution in [2.45, 2.75) is 117 Å². The summed E-state index contributed by atoms with van der Waals surface area (Å²) in [5, 5.41) is 13.6. The lowest BCUT2D eigenvalue weighted by Crippen LogP contribution is -2.57. The molecular formula is C23H45N2O+. The first-order valence-corrected chi connectivity index (χ1v) is 11.3. The number of rotatable bonds is 16. The van der Waals surface area contributed by atoms with E-state index in [1.54, 1.807) is 0 Å². The van der Waals surface area contributed by atoms with Crippen LogP contribution >= 0.6 is 0 Å². The lowest BCUT2D eigenvalue weighted by molar-refractivity contribution is -0.941. The van der Waals surface area contributed by atoms with Crippen LogP contribution in [0, 0.1) is 0 Å². The van der Waals surface area contributed by atoms with Crippen molar-refractivity contribution in [2.24, 2.45) is 0 Å². The summed E-state index contributed by atoms with van der Waals surface area (Å²) in [5.41, 5.74) is 0. The number of aliphatic hydroxyl groups excluding tert-OH is 1. The molecule has 0 radical (unpaired) electrons. The molecule has 0 amide bonds. The van der Waals surface area contributed by atoms with E-state index in [9.17, 15) is 5.11 Å². The Hall–Kier alpha value is -0.800. The average molecular weight is 366 g/mol. The number of unbranched alkanes of at least 4 members (excludes halogenated alkanes) is 11. The molecule has 0 aromatic rings. The standard InChI is InChI=1S/C23H45N2O/c1-4-6-7-8-9-10-11-12-13-14-15-16-17-18-19-23-24-20-21-25(23,5-2)22(3)26/h17-18,20-24,26H,4-16,19H2,1-3H3/q+1/b18-17+. The summed E-state index contributed by atoms with van der Waals surface area (Å²) in [7, 11) is 0. The largest absolute Gasteiger partial charge is 0.345 e. The number of allylic oxidation sites excluding steroid dienone is 1. The van der Waals surface area contributed by atoms with Gasteiger partial charge in [0.05, 0.1) is 12.7 Å². The molecule has 0 bridgehead atoms. The van der Waals surface area contributed by atoms with Gasteiger partial charge in [-0.15, -0.1) is 0 Å². The Morgan fingerprint density at radius 2 is 1.50 bits per heavy atom. The molecule has 1 heterocycles. The Labute approximate surface area is 163 Å². The highest BCUT2D eigenvalue weighted by molar-refractivity contribution is 4.91. The molecule has 1 aliphatic heterocycles. The lowest BCUT2D eigenvalue weighted by Gasteiger charge is -2.38. The van der Waals surface area contributed by atoms with Crippen molar-refractivity contribution >= 4 is 0 Å². The number of quaternary nitrogens is 1. The van der Waals surface area contributed by atoms with Crippen molar-refractivity contribution in [1.82, 2.24) is 5.32 Å². The van der Waals surface area contributed by atoms with Crippen LogP contribution in [0.2, 0.25) is 0 Å². The first kappa shape index (κ1) is 23.2. The van der Waals surface area contributed by atoms with Crippen molar-refractivity contribution in [3.63, 3.8) is 0 Å². The van der Waals surface area contributed by atoms with Gasteiger partial charge in [0.25, 0.3) is 0 Å². The quantitative estimate of drug-likeness (QED) is 0.194. The van der Waals surface area contributed by atoms with E-state index in [1.807, 2.05) is 13.1 Å². The number of hydrogen-bond acceptors (Lipinski definition) is 2. The van der Waals surface area contributed by atoms with Gasteiger partial charge in [-0.2, -0.15) is 0 Å². The zero-order valence-corrected chi connectivity index (χ0v) is 17.8. The Morgan fingerprint density at radius 3 is 2.04 bits per heavy atom.